The summed E-state index contributed by atoms with van der Waals surface area (Å²) in [6.45, 7) is 2.31. The van der Waals surface area contributed by atoms with Crippen LogP contribution in [0.1, 0.15) is 29.0 Å². The summed E-state index contributed by atoms with van der Waals surface area (Å²) >= 11 is 0. The molecule has 0 N–H and O–H groups in total. The van der Waals surface area contributed by atoms with Crippen LogP contribution in [-0.2, 0) is 16.1 Å². The van der Waals surface area contributed by atoms with Crippen LogP contribution in [0.4, 0.5) is 0 Å². The van der Waals surface area contributed by atoms with E-state index in [1.807, 2.05) is 30.3 Å². The van der Waals surface area contributed by atoms with Crippen molar-refractivity contribution in [3.8, 4) is 0 Å². The number of benzene rings is 1. The summed E-state index contributed by atoms with van der Waals surface area (Å²) in [5.41, 5.74) is 1.02. The lowest BCUT2D eigenvalue weighted by atomic mass is 10.1. The van der Waals surface area contributed by atoms with Crippen LogP contribution in [0.2, 0.25) is 0 Å². The molecule has 2 fully saturated rings. The van der Waals surface area contributed by atoms with Gasteiger partial charge < -0.3 is 19.1 Å². The molecule has 4 rings (SSSR count). The smallest absolute Gasteiger partial charge is 0.289 e. The molecule has 2 aliphatic heterocycles. The van der Waals surface area contributed by atoms with Gasteiger partial charge in [0.05, 0.1) is 6.26 Å². The van der Waals surface area contributed by atoms with Gasteiger partial charge in [0.2, 0.25) is 11.8 Å². The van der Waals surface area contributed by atoms with Crippen molar-refractivity contribution in [1.29, 1.82) is 0 Å². The van der Waals surface area contributed by atoms with Crippen molar-refractivity contribution in [2.45, 2.75) is 25.4 Å². The Kier molecular flexibility index (Phi) is 5.14. The number of amides is 3. The molecule has 3 heterocycles. The average Bonchev–Trinajstić information content (AvgIpc) is 3.39. The molecule has 1 aromatic heterocycles. The van der Waals surface area contributed by atoms with Gasteiger partial charge in [0.25, 0.3) is 5.91 Å². The number of carbonyl (C=O) groups excluding carboxylic acids is 3. The third kappa shape index (κ3) is 3.65. The molecule has 1 unspecified atom stereocenters. The van der Waals surface area contributed by atoms with Crippen molar-refractivity contribution in [2.24, 2.45) is 0 Å². The van der Waals surface area contributed by atoms with Gasteiger partial charge in [-0.2, -0.15) is 0 Å². The highest BCUT2D eigenvalue weighted by Crippen LogP contribution is 2.24. The van der Waals surface area contributed by atoms with E-state index in [0.29, 0.717) is 51.3 Å². The fourth-order valence-corrected chi connectivity index (χ4v) is 3.87. The average molecular weight is 381 g/mol. The minimum atomic E-state index is -0.417. The zero-order valence-electron chi connectivity index (χ0n) is 15.6. The van der Waals surface area contributed by atoms with Crippen molar-refractivity contribution in [2.75, 3.05) is 26.2 Å². The highest BCUT2D eigenvalue weighted by molar-refractivity contribution is 5.92. The maximum absolute atomic E-state index is 13.1. The second-order valence-corrected chi connectivity index (χ2v) is 7.16. The number of hydrogen-bond acceptors (Lipinski definition) is 4. The van der Waals surface area contributed by atoms with Crippen LogP contribution in [0.3, 0.4) is 0 Å². The molecule has 0 bridgehead atoms. The van der Waals surface area contributed by atoms with Crippen LogP contribution < -0.4 is 0 Å². The van der Waals surface area contributed by atoms with Crippen molar-refractivity contribution in [3.63, 3.8) is 0 Å². The number of carbonyl (C=O) groups is 3. The van der Waals surface area contributed by atoms with Gasteiger partial charge in [-0.05, 0) is 24.1 Å². The van der Waals surface area contributed by atoms with Gasteiger partial charge in [0.15, 0.2) is 5.76 Å². The third-order valence-electron chi connectivity index (χ3n) is 5.42. The Morgan fingerprint density at radius 2 is 1.68 bits per heavy atom. The van der Waals surface area contributed by atoms with E-state index in [4.69, 9.17) is 4.42 Å². The summed E-state index contributed by atoms with van der Waals surface area (Å²) in [7, 11) is 0. The SMILES string of the molecule is O=C(c1ccco1)N1CCN(C(=O)C2CCC(=O)N2Cc2ccccc2)CC1. The second kappa shape index (κ2) is 7.88. The summed E-state index contributed by atoms with van der Waals surface area (Å²) < 4.78 is 5.17. The molecule has 1 aromatic carbocycles. The van der Waals surface area contributed by atoms with Crippen LogP contribution in [0.5, 0.6) is 0 Å². The van der Waals surface area contributed by atoms with E-state index >= 15 is 0 Å². The van der Waals surface area contributed by atoms with E-state index in [2.05, 4.69) is 0 Å². The van der Waals surface area contributed by atoms with Crippen molar-refractivity contribution in [1.82, 2.24) is 14.7 Å². The number of hydrogen-bond donors (Lipinski definition) is 0. The lowest BCUT2D eigenvalue weighted by molar-refractivity contribution is -0.142. The van der Waals surface area contributed by atoms with Gasteiger partial charge in [-0.15, -0.1) is 0 Å². The Balaban J connectivity index is 1.37. The number of piperazine rings is 1. The van der Waals surface area contributed by atoms with E-state index in [1.54, 1.807) is 26.8 Å². The normalized spacial score (nSPS) is 19.9. The summed E-state index contributed by atoms with van der Waals surface area (Å²) in [6, 6.07) is 12.6. The molecule has 7 nitrogen and oxygen atoms in total. The van der Waals surface area contributed by atoms with Crippen LogP contribution in [-0.4, -0.2) is 64.6 Å². The number of likely N-dealkylation sites (tertiary alicyclic amines) is 1. The van der Waals surface area contributed by atoms with E-state index in [9.17, 15) is 14.4 Å². The molecule has 2 aliphatic rings. The van der Waals surface area contributed by atoms with E-state index in [0.717, 1.165) is 5.56 Å². The Morgan fingerprint density at radius 3 is 2.36 bits per heavy atom. The summed E-state index contributed by atoms with van der Waals surface area (Å²) in [4.78, 5) is 42.9. The predicted molar refractivity (Wildman–Crippen MR) is 101 cm³/mol. The molecule has 28 heavy (non-hydrogen) atoms. The van der Waals surface area contributed by atoms with Crippen LogP contribution >= 0.6 is 0 Å². The molecule has 0 radical (unpaired) electrons. The van der Waals surface area contributed by atoms with Crippen LogP contribution in [0.25, 0.3) is 0 Å². The van der Waals surface area contributed by atoms with Gasteiger partial charge in [-0.1, -0.05) is 30.3 Å². The van der Waals surface area contributed by atoms with Crippen LogP contribution in [0.15, 0.2) is 53.1 Å². The zero-order chi connectivity index (χ0) is 19.5. The largest absolute Gasteiger partial charge is 0.459 e. The zero-order valence-corrected chi connectivity index (χ0v) is 15.6. The number of furan rings is 1. The van der Waals surface area contributed by atoms with Gasteiger partial charge in [0, 0.05) is 39.1 Å². The molecular weight excluding hydrogens is 358 g/mol. The molecule has 0 aliphatic carbocycles. The minimum Gasteiger partial charge on any atom is -0.459 e. The van der Waals surface area contributed by atoms with Gasteiger partial charge in [-0.25, -0.2) is 0 Å². The standard InChI is InChI=1S/C21H23N3O4/c25-19-9-8-17(24(19)15-16-5-2-1-3-6-16)20(26)22-10-12-23(13-11-22)21(27)18-7-4-14-28-18/h1-7,14,17H,8-13,15H2. The van der Waals surface area contributed by atoms with Gasteiger partial charge >= 0.3 is 0 Å². The monoisotopic (exact) mass is 381 g/mol. The van der Waals surface area contributed by atoms with E-state index in [1.165, 1.54) is 6.26 Å². The van der Waals surface area contributed by atoms with E-state index < -0.39 is 6.04 Å². The molecule has 2 aromatic rings. The summed E-state index contributed by atoms with van der Waals surface area (Å²) in [5, 5.41) is 0. The summed E-state index contributed by atoms with van der Waals surface area (Å²) in [6.07, 6.45) is 2.43. The second-order valence-electron chi connectivity index (χ2n) is 7.16. The van der Waals surface area contributed by atoms with Gasteiger partial charge in [-0.3, -0.25) is 14.4 Å². The number of rotatable bonds is 4. The van der Waals surface area contributed by atoms with E-state index in [-0.39, 0.29) is 17.7 Å². The predicted octanol–water partition coefficient (Wildman–Crippen LogP) is 1.76. The Hall–Kier alpha value is -3.09. The first kappa shape index (κ1) is 18.3. The first-order chi connectivity index (χ1) is 13.6. The maximum Gasteiger partial charge on any atom is 0.289 e. The summed E-state index contributed by atoms with van der Waals surface area (Å²) in [5.74, 6) is 0.162. The molecule has 0 spiro atoms. The molecule has 7 heteroatoms. The molecule has 3 amide bonds. The molecule has 0 saturated carbocycles. The van der Waals surface area contributed by atoms with Crippen LogP contribution in [0, 0.1) is 0 Å². The first-order valence-corrected chi connectivity index (χ1v) is 9.58. The maximum atomic E-state index is 13.1. The highest BCUT2D eigenvalue weighted by atomic mass is 16.3. The molecule has 1 atom stereocenters. The Labute approximate surface area is 163 Å². The number of nitrogens with zero attached hydrogens (tertiary/aromatic N) is 3. The van der Waals surface area contributed by atoms with Crippen molar-refractivity contribution in [3.05, 3.63) is 60.1 Å². The lowest BCUT2D eigenvalue weighted by Crippen LogP contribution is -2.54. The highest BCUT2D eigenvalue weighted by Gasteiger charge is 2.39. The lowest BCUT2D eigenvalue weighted by Gasteiger charge is -2.37. The van der Waals surface area contributed by atoms with Gasteiger partial charge in [0.1, 0.15) is 6.04 Å². The fourth-order valence-electron chi connectivity index (χ4n) is 3.87. The third-order valence-corrected chi connectivity index (χ3v) is 5.42. The molecule has 146 valence electrons. The molecule has 2 saturated heterocycles. The topological polar surface area (TPSA) is 74.1 Å². The fraction of sp³-hybridized carbons (Fsp3) is 0.381. The van der Waals surface area contributed by atoms with Crippen molar-refractivity contribution >= 4 is 17.7 Å². The Bertz CT molecular complexity index is 842. The first-order valence-electron chi connectivity index (χ1n) is 9.58. The molecular formula is C21H23N3O4. The Morgan fingerprint density at radius 1 is 0.964 bits per heavy atom. The van der Waals surface area contributed by atoms with Crippen molar-refractivity contribution < 1.29 is 18.8 Å². The quantitative estimate of drug-likeness (QED) is 0.809. The minimum absolute atomic E-state index is 0.0214.